The Balaban J connectivity index is 2.16. The number of rotatable bonds is 14. The molecule has 3 amide bonds. The summed E-state index contributed by atoms with van der Waals surface area (Å²) in [5.41, 5.74) is 7.20. The molecule has 0 aliphatic carbocycles. The number of aromatic nitrogens is 2. The van der Waals surface area contributed by atoms with Crippen molar-refractivity contribution in [2.75, 3.05) is 6.61 Å². The summed E-state index contributed by atoms with van der Waals surface area (Å²) in [7, 11) is 0. The maximum atomic E-state index is 13.1. The third-order valence-corrected chi connectivity index (χ3v) is 5.93. The minimum Gasteiger partial charge on any atom is -0.508 e. The SMILES string of the molecule is CCC(C)C(NC(=O)C(CO)NC(=O)C(Cc1ccc(O)cc1)NC(=O)C(N)Cc1cnc[nH]1)C(=O)O. The van der Waals surface area contributed by atoms with Crippen molar-refractivity contribution >= 4 is 23.7 Å². The first-order valence-corrected chi connectivity index (χ1v) is 11.8. The molecule has 1 heterocycles. The molecule has 0 saturated heterocycles. The Morgan fingerprint density at radius 3 is 2.16 bits per heavy atom. The van der Waals surface area contributed by atoms with Gasteiger partial charge in [-0.3, -0.25) is 14.4 Å². The summed E-state index contributed by atoms with van der Waals surface area (Å²) in [6, 6.07) is 1.07. The maximum Gasteiger partial charge on any atom is 0.326 e. The minimum absolute atomic E-state index is 0.0149. The largest absolute Gasteiger partial charge is 0.508 e. The van der Waals surface area contributed by atoms with E-state index in [4.69, 9.17) is 5.73 Å². The molecule has 13 nitrogen and oxygen atoms in total. The van der Waals surface area contributed by atoms with Gasteiger partial charge in [0, 0.05) is 24.7 Å². The van der Waals surface area contributed by atoms with E-state index in [9.17, 15) is 34.5 Å². The number of carbonyl (C=O) groups is 4. The number of phenols is 1. The Labute approximate surface area is 213 Å². The fraction of sp³-hybridized carbons (Fsp3) is 0.458. The molecular weight excluding hydrogens is 484 g/mol. The zero-order valence-electron chi connectivity index (χ0n) is 20.7. The average molecular weight is 519 g/mol. The van der Waals surface area contributed by atoms with Crippen molar-refractivity contribution in [1.29, 1.82) is 0 Å². The van der Waals surface area contributed by atoms with Crippen LogP contribution in [0.2, 0.25) is 0 Å². The van der Waals surface area contributed by atoms with Crippen LogP contribution in [0.15, 0.2) is 36.8 Å². The van der Waals surface area contributed by atoms with Gasteiger partial charge in [-0.05, 0) is 23.6 Å². The number of nitrogens with one attached hydrogen (secondary N) is 4. The van der Waals surface area contributed by atoms with Crippen LogP contribution in [0.25, 0.3) is 0 Å². The molecular formula is C24H34N6O7. The summed E-state index contributed by atoms with van der Waals surface area (Å²) in [5.74, 6) is -3.93. The zero-order chi connectivity index (χ0) is 27.5. The van der Waals surface area contributed by atoms with Gasteiger partial charge >= 0.3 is 5.97 Å². The summed E-state index contributed by atoms with van der Waals surface area (Å²) < 4.78 is 0. The number of carboxylic acid groups (broad SMARTS) is 1. The van der Waals surface area contributed by atoms with Gasteiger partial charge in [0.25, 0.3) is 0 Å². The highest BCUT2D eigenvalue weighted by Crippen LogP contribution is 2.12. The number of nitrogens with zero attached hydrogens (tertiary/aromatic N) is 1. The molecule has 5 atom stereocenters. The monoisotopic (exact) mass is 518 g/mol. The zero-order valence-corrected chi connectivity index (χ0v) is 20.7. The number of aliphatic hydroxyl groups is 1. The number of benzene rings is 1. The summed E-state index contributed by atoms with van der Waals surface area (Å²) in [5, 5.41) is 36.0. The highest BCUT2D eigenvalue weighted by atomic mass is 16.4. The Hall–Kier alpha value is -3.97. The number of H-pyrrole nitrogens is 1. The lowest BCUT2D eigenvalue weighted by atomic mass is 9.99. The van der Waals surface area contributed by atoms with E-state index in [0.717, 1.165) is 0 Å². The van der Waals surface area contributed by atoms with Crippen LogP contribution < -0.4 is 21.7 Å². The van der Waals surface area contributed by atoms with Gasteiger partial charge < -0.3 is 42.0 Å². The van der Waals surface area contributed by atoms with Crippen molar-refractivity contribution in [1.82, 2.24) is 25.9 Å². The van der Waals surface area contributed by atoms with Gasteiger partial charge in [-0.15, -0.1) is 0 Å². The van der Waals surface area contributed by atoms with Crippen LogP contribution in [-0.2, 0) is 32.0 Å². The van der Waals surface area contributed by atoms with E-state index < -0.39 is 60.4 Å². The number of carbonyl (C=O) groups excluding carboxylic acids is 3. The molecule has 202 valence electrons. The fourth-order valence-electron chi connectivity index (χ4n) is 3.49. The van der Waals surface area contributed by atoms with E-state index in [1.165, 1.54) is 24.7 Å². The Kier molecular flexibility index (Phi) is 11.0. The van der Waals surface area contributed by atoms with Crippen LogP contribution in [0.1, 0.15) is 31.5 Å². The molecule has 0 aliphatic heterocycles. The predicted molar refractivity (Wildman–Crippen MR) is 132 cm³/mol. The van der Waals surface area contributed by atoms with Crippen LogP contribution in [0.5, 0.6) is 5.75 Å². The van der Waals surface area contributed by atoms with E-state index in [2.05, 4.69) is 25.9 Å². The van der Waals surface area contributed by atoms with Crippen molar-refractivity contribution < 1.29 is 34.5 Å². The molecule has 0 radical (unpaired) electrons. The van der Waals surface area contributed by atoms with Gasteiger partial charge in [-0.2, -0.15) is 0 Å². The first kappa shape index (κ1) is 29.3. The van der Waals surface area contributed by atoms with Crippen molar-refractivity contribution in [2.45, 2.75) is 57.3 Å². The molecule has 1 aromatic carbocycles. The minimum atomic E-state index is -1.46. The molecule has 2 rings (SSSR count). The van der Waals surface area contributed by atoms with Gasteiger partial charge in [-0.1, -0.05) is 32.4 Å². The second kappa shape index (κ2) is 13.9. The summed E-state index contributed by atoms with van der Waals surface area (Å²) >= 11 is 0. The predicted octanol–water partition coefficient (Wildman–Crippen LogP) is -1.19. The summed E-state index contributed by atoms with van der Waals surface area (Å²) in [6.45, 7) is 2.62. The number of hydrogen-bond acceptors (Lipinski definition) is 8. The molecule has 5 unspecified atom stereocenters. The molecule has 0 bridgehead atoms. The summed E-state index contributed by atoms with van der Waals surface area (Å²) in [6.07, 6.45) is 3.55. The van der Waals surface area contributed by atoms with Crippen LogP contribution in [0.3, 0.4) is 0 Å². The lowest BCUT2D eigenvalue weighted by Gasteiger charge is -2.25. The van der Waals surface area contributed by atoms with Crippen molar-refractivity contribution in [2.24, 2.45) is 11.7 Å². The Bertz CT molecular complexity index is 1040. The van der Waals surface area contributed by atoms with Gasteiger partial charge in [0.15, 0.2) is 0 Å². The molecule has 0 saturated carbocycles. The van der Waals surface area contributed by atoms with E-state index >= 15 is 0 Å². The van der Waals surface area contributed by atoms with Crippen LogP contribution in [0.4, 0.5) is 0 Å². The van der Waals surface area contributed by atoms with E-state index in [1.54, 1.807) is 26.0 Å². The van der Waals surface area contributed by atoms with Crippen molar-refractivity contribution in [3.05, 3.63) is 48.0 Å². The quantitative estimate of drug-likeness (QED) is 0.150. The highest BCUT2D eigenvalue weighted by molar-refractivity contribution is 5.94. The van der Waals surface area contributed by atoms with Crippen LogP contribution in [0, 0.1) is 5.92 Å². The molecule has 0 aliphatic rings. The highest BCUT2D eigenvalue weighted by Gasteiger charge is 2.31. The molecule has 37 heavy (non-hydrogen) atoms. The third kappa shape index (κ3) is 8.88. The van der Waals surface area contributed by atoms with E-state index in [0.29, 0.717) is 17.7 Å². The fourth-order valence-corrected chi connectivity index (χ4v) is 3.49. The standard InChI is InChI=1S/C24H34N6O7/c1-3-13(2)20(24(36)37)30-23(35)19(11-31)29-22(34)18(8-14-4-6-16(32)7-5-14)28-21(33)17(25)9-15-10-26-12-27-15/h4-7,10,12-13,17-20,31-32H,3,8-9,11,25H2,1-2H3,(H,26,27)(H,28,33)(H,29,34)(H,30,35)(H,36,37). The second-order valence-electron chi connectivity index (χ2n) is 8.77. The molecule has 0 fully saturated rings. The van der Waals surface area contributed by atoms with Crippen molar-refractivity contribution in [3.63, 3.8) is 0 Å². The number of aromatic amines is 1. The van der Waals surface area contributed by atoms with E-state index in [1.807, 2.05) is 0 Å². The third-order valence-electron chi connectivity index (χ3n) is 5.93. The number of imidazole rings is 1. The van der Waals surface area contributed by atoms with E-state index in [-0.39, 0.29) is 18.6 Å². The van der Waals surface area contributed by atoms with Gasteiger partial charge in [0.1, 0.15) is 23.9 Å². The maximum absolute atomic E-state index is 13.1. The van der Waals surface area contributed by atoms with Gasteiger partial charge in [0.2, 0.25) is 17.7 Å². The second-order valence-corrected chi connectivity index (χ2v) is 8.77. The normalized spacial score (nSPS) is 15.0. The molecule has 1 aromatic heterocycles. The van der Waals surface area contributed by atoms with Gasteiger partial charge in [0.05, 0.1) is 19.0 Å². The molecule has 13 heteroatoms. The number of aliphatic hydroxyl groups excluding tert-OH is 1. The number of phenolic OH excluding ortho intramolecular Hbond substituents is 1. The van der Waals surface area contributed by atoms with Gasteiger partial charge in [-0.25, -0.2) is 9.78 Å². The smallest absolute Gasteiger partial charge is 0.326 e. The molecule has 2 aromatic rings. The Morgan fingerprint density at radius 2 is 1.62 bits per heavy atom. The average Bonchev–Trinajstić information content (AvgIpc) is 3.38. The number of hydrogen-bond donors (Lipinski definition) is 8. The lowest BCUT2D eigenvalue weighted by molar-refractivity contribution is -0.144. The van der Waals surface area contributed by atoms with Crippen LogP contribution >= 0.6 is 0 Å². The first-order chi connectivity index (χ1) is 17.5. The summed E-state index contributed by atoms with van der Waals surface area (Å²) in [4.78, 5) is 56.8. The Morgan fingerprint density at radius 1 is 1.00 bits per heavy atom. The number of aliphatic carboxylic acids is 1. The molecule has 0 spiro atoms. The number of aromatic hydroxyl groups is 1. The van der Waals surface area contributed by atoms with Crippen LogP contribution in [-0.4, -0.2) is 79.8 Å². The first-order valence-electron chi connectivity index (χ1n) is 11.8. The topological polar surface area (TPSA) is 220 Å². The number of carboxylic acids is 1. The number of nitrogens with two attached hydrogens (primary N) is 1. The number of amides is 3. The molecule has 9 N–H and O–H groups in total. The lowest BCUT2D eigenvalue weighted by Crippen LogP contribution is -2.59. The van der Waals surface area contributed by atoms with Crippen molar-refractivity contribution in [3.8, 4) is 5.75 Å².